The van der Waals surface area contributed by atoms with Gasteiger partial charge in [-0.1, -0.05) is 44.0 Å². The fourth-order valence-corrected chi connectivity index (χ4v) is 2.25. The molecule has 1 aliphatic rings. The standard InChI is InChI=1S/C15H23N/c1-3-12-4-6-13(7-5-12)10-15(16-2)11-14-8-9-14/h4-7,14-16H,3,8-11H2,1-2H3. The molecule has 0 heterocycles. The molecule has 2 rings (SSSR count). The first kappa shape index (κ1) is 11.7. The average Bonchev–Trinajstić information content (AvgIpc) is 3.13. The summed E-state index contributed by atoms with van der Waals surface area (Å²) in [7, 11) is 2.09. The van der Waals surface area contributed by atoms with Crippen LogP contribution in [0.4, 0.5) is 0 Å². The fourth-order valence-electron chi connectivity index (χ4n) is 2.25. The molecule has 0 spiro atoms. The van der Waals surface area contributed by atoms with E-state index in [4.69, 9.17) is 0 Å². The fraction of sp³-hybridized carbons (Fsp3) is 0.600. The monoisotopic (exact) mass is 217 g/mol. The van der Waals surface area contributed by atoms with Crippen molar-refractivity contribution in [1.29, 1.82) is 0 Å². The van der Waals surface area contributed by atoms with Gasteiger partial charge in [0.2, 0.25) is 0 Å². The van der Waals surface area contributed by atoms with Gasteiger partial charge in [-0.05, 0) is 43.4 Å². The summed E-state index contributed by atoms with van der Waals surface area (Å²) in [6, 6.07) is 9.77. The normalized spacial score (nSPS) is 17.4. The van der Waals surface area contributed by atoms with E-state index >= 15 is 0 Å². The summed E-state index contributed by atoms with van der Waals surface area (Å²) in [5.74, 6) is 1.01. The lowest BCUT2D eigenvalue weighted by atomic mass is 10.00. The van der Waals surface area contributed by atoms with Gasteiger partial charge in [0.15, 0.2) is 0 Å². The van der Waals surface area contributed by atoms with Crippen molar-refractivity contribution in [3.05, 3.63) is 35.4 Å². The molecule has 1 N–H and O–H groups in total. The molecule has 88 valence electrons. The Labute approximate surface area is 99.3 Å². The number of hydrogen-bond donors (Lipinski definition) is 1. The van der Waals surface area contributed by atoms with Gasteiger partial charge in [-0.15, -0.1) is 0 Å². The molecule has 1 heteroatoms. The highest BCUT2D eigenvalue weighted by molar-refractivity contribution is 5.23. The molecule has 1 saturated carbocycles. The third kappa shape index (κ3) is 3.34. The highest BCUT2D eigenvalue weighted by Gasteiger charge is 2.24. The van der Waals surface area contributed by atoms with E-state index in [9.17, 15) is 0 Å². The van der Waals surface area contributed by atoms with Gasteiger partial charge < -0.3 is 5.32 Å². The van der Waals surface area contributed by atoms with Crippen molar-refractivity contribution < 1.29 is 0 Å². The number of rotatable bonds is 6. The number of nitrogens with one attached hydrogen (secondary N) is 1. The van der Waals surface area contributed by atoms with Crippen molar-refractivity contribution in [3.8, 4) is 0 Å². The quantitative estimate of drug-likeness (QED) is 0.771. The maximum Gasteiger partial charge on any atom is 0.0107 e. The van der Waals surface area contributed by atoms with Crippen LogP contribution in [0.25, 0.3) is 0 Å². The minimum atomic E-state index is 0.667. The number of aryl methyl sites for hydroxylation is 1. The smallest absolute Gasteiger partial charge is 0.0107 e. The minimum absolute atomic E-state index is 0.667. The molecule has 16 heavy (non-hydrogen) atoms. The molecule has 0 amide bonds. The van der Waals surface area contributed by atoms with Crippen LogP contribution in [0.1, 0.15) is 37.3 Å². The van der Waals surface area contributed by atoms with E-state index in [1.165, 1.54) is 36.8 Å². The molecule has 1 nitrogen and oxygen atoms in total. The summed E-state index contributed by atoms with van der Waals surface area (Å²) in [5.41, 5.74) is 2.91. The van der Waals surface area contributed by atoms with Crippen molar-refractivity contribution in [2.24, 2.45) is 5.92 Å². The summed E-state index contributed by atoms with van der Waals surface area (Å²) in [6.07, 6.45) is 6.57. The summed E-state index contributed by atoms with van der Waals surface area (Å²) >= 11 is 0. The number of likely N-dealkylation sites (N-methyl/N-ethyl adjacent to an activating group) is 1. The van der Waals surface area contributed by atoms with Crippen molar-refractivity contribution in [3.63, 3.8) is 0 Å². The van der Waals surface area contributed by atoms with Gasteiger partial charge in [-0.25, -0.2) is 0 Å². The predicted molar refractivity (Wildman–Crippen MR) is 69.7 cm³/mol. The van der Waals surface area contributed by atoms with Crippen LogP contribution in [-0.4, -0.2) is 13.1 Å². The Morgan fingerprint density at radius 1 is 1.19 bits per heavy atom. The first-order valence-electron chi connectivity index (χ1n) is 6.57. The largest absolute Gasteiger partial charge is 0.317 e. The minimum Gasteiger partial charge on any atom is -0.317 e. The second-order valence-electron chi connectivity index (χ2n) is 5.04. The molecule has 0 aliphatic heterocycles. The van der Waals surface area contributed by atoms with Crippen molar-refractivity contribution >= 4 is 0 Å². The molecule has 0 bridgehead atoms. The van der Waals surface area contributed by atoms with Gasteiger partial charge in [-0.3, -0.25) is 0 Å². The van der Waals surface area contributed by atoms with Gasteiger partial charge >= 0.3 is 0 Å². The Morgan fingerprint density at radius 3 is 2.31 bits per heavy atom. The van der Waals surface area contributed by atoms with Crippen LogP contribution in [0.2, 0.25) is 0 Å². The van der Waals surface area contributed by atoms with Gasteiger partial charge in [0, 0.05) is 6.04 Å². The third-order valence-corrected chi connectivity index (χ3v) is 3.64. The van der Waals surface area contributed by atoms with Gasteiger partial charge in [0.1, 0.15) is 0 Å². The lowest BCUT2D eigenvalue weighted by Gasteiger charge is -2.16. The second kappa shape index (κ2) is 5.49. The van der Waals surface area contributed by atoms with Crippen molar-refractivity contribution in [2.75, 3.05) is 7.05 Å². The van der Waals surface area contributed by atoms with Crippen LogP contribution in [-0.2, 0) is 12.8 Å². The van der Waals surface area contributed by atoms with E-state index in [1.807, 2.05) is 0 Å². The Morgan fingerprint density at radius 2 is 1.81 bits per heavy atom. The maximum atomic E-state index is 3.45. The van der Waals surface area contributed by atoms with Gasteiger partial charge in [0.05, 0.1) is 0 Å². The SMILES string of the molecule is CCc1ccc(CC(CC2CC2)NC)cc1. The van der Waals surface area contributed by atoms with Crippen LogP contribution in [0, 0.1) is 5.92 Å². The Kier molecular flexibility index (Phi) is 4.00. The summed E-state index contributed by atoms with van der Waals surface area (Å²) in [6.45, 7) is 2.21. The molecular formula is C15H23N. The Balaban J connectivity index is 1.89. The molecule has 0 saturated heterocycles. The van der Waals surface area contributed by atoms with E-state index in [1.54, 1.807) is 0 Å². The topological polar surface area (TPSA) is 12.0 Å². The van der Waals surface area contributed by atoms with Crippen molar-refractivity contribution in [1.82, 2.24) is 5.32 Å². The molecule has 1 aromatic rings. The van der Waals surface area contributed by atoms with Crippen LogP contribution >= 0.6 is 0 Å². The first-order chi connectivity index (χ1) is 7.81. The molecule has 0 aromatic heterocycles. The number of hydrogen-bond acceptors (Lipinski definition) is 1. The molecule has 1 fully saturated rings. The highest BCUT2D eigenvalue weighted by Crippen LogP contribution is 2.34. The molecule has 1 aromatic carbocycles. The van der Waals surface area contributed by atoms with Crippen molar-refractivity contribution in [2.45, 2.75) is 45.1 Å². The molecular weight excluding hydrogens is 194 g/mol. The lowest BCUT2D eigenvalue weighted by molar-refractivity contribution is 0.490. The second-order valence-corrected chi connectivity index (χ2v) is 5.04. The van der Waals surface area contributed by atoms with E-state index in [0.717, 1.165) is 12.3 Å². The summed E-state index contributed by atoms with van der Waals surface area (Å²) in [4.78, 5) is 0. The van der Waals surface area contributed by atoms with E-state index in [2.05, 4.69) is 43.6 Å². The van der Waals surface area contributed by atoms with Gasteiger partial charge in [0.25, 0.3) is 0 Å². The molecule has 1 unspecified atom stereocenters. The highest BCUT2D eigenvalue weighted by atomic mass is 14.9. The predicted octanol–water partition coefficient (Wildman–Crippen LogP) is 3.18. The molecule has 1 atom stereocenters. The lowest BCUT2D eigenvalue weighted by Crippen LogP contribution is -2.28. The van der Waals surface area contributed by atoms with Crippen LogP contribution < -0.4 is 5.32 Å². The number of benzene rings is 1. The van der Waals surface area contributed by atoms with E-state index in [-0.39, 0.29) is 0 Å². The Hall–Kier alpha value is -0.820. The van der Waals surface area contributed by atoms with E-state index in [0.29, 0.717) is 6.04 Å². The van der Waals surface area contributed by atoms with Crippen LogP contribution in [0.5, 0.6) is 0 Å². The van der Waals surface area contributed by atoms with E-state index < -0.39 is 0 Å². The zero-order valence-electron chi connectivity index (χ0n) is 10.5. The zero-order valence-corrected chi connectivity index (χ0v) is 10.5. The Bertz CT molecular complexity index is 311. The molecule has 0 radical (unpaired) electrons. The summed E-state index contributed by atoms with van der Waals surface area (Å²) < 4.78 is 0. The first-order valence-corrected chi connectivity index (χ1v) is 6.57. The van der Waals surface area contributed by atoms with Gasteiger partial charge in [-0.2, -0.15) is 0 Å². The summed E-state index contributed by atoms with van der Waals surface area (Å²) in [5, 5.41) is 3.45. The zero-order chi connectivity index (χ0) is 11.4. The van der Waals surface area contributed by atoms with Crippen LogP contribution in [0.3, 0.4) is 0 Å². The van der Waals surface area contributed by atoms with Crippen LogP contribution in [0.15, 0.2) is 24.3 Å². The average molecular weight is 217 g/mol. The molecule has 1 aliphatic carbocycles. The maximum absolute atomic E-state index is 3.45. The third-order valence-electron chi connectivity index (χ3n) is 3.64.